The predicted octanol–water partition coefficient (Wildman–Crippen LogP) is 3.08. The van der Waals surface area contributed by atoms with Gasteiger partial charge < -0.3 is 16.2 Å². The fourth-order valence-electron chi connectivity index (χ4n) is 3.91. The zero-order valence-electron chi connectivity index (χ0n) is 16.2. The van der Waals surface area contributed by atoms with Gasteiger partial charge >= 0.3 is 0 Å². The molecular weight excluding hydrogens is 366 g/mol. The van der Waals surface area contributed by atoms with Gasteiger partial charge in [0.25, 0.3) is 5.91 Å². The number of carbonyl (C=O) groups is 1. The zero-order chi connectivity index (χ0) is 20.6. The molecule has 1 fully saturated rings. The third-order valence-electron chi connectivity index (χ3n) is 5.64. The lowest BCUT2D eigenvalue weighted by Gasteiger charge is -2.34. The summed E-state index contributed by atoms with van der Waals surface area (Å²) >= 11 is 0. The number of nitrogens with one attached hydrogen (secondary N) is 1. The fraction of sp³-hybridized carbons (Fsp3) is 0.318. The molecule has 0 unspecified atom stereocenters. The van der Waals surface area contributed by atoms with Crippen LogP contribution in [0.4, 0.5) is 5.69 Å². The molecule has 1 amide bonds. The van der Waals surface area contributed by atoms with Gasteiger partial charge in [0.15, 0.2) is 0 Å². The lowest BCUT2D eigenvalue weighted by Crippen LogP contribution is -2.36. The Morgan fingerprint density at radius 1 is 1.34 bits per heavy atom. The Hall–Kier alpha value is -3.37. The number of aliphatic hydroxyl groups is 1. The number of hydrogen-bond donors (Lipinski definition) is 3. The Kier molecular flexibility index (Phi) is 4.73. The van der Waals surface area contributed by atoms with Crippen molar-refractivity contribution < 1.29 is 9.90 Å². The summed E-state index contributed by atoms with van der Waals surface area (Å²) < 4.78 is 1.71. The second-order valence-electron chi connectivity index (χ2n) is 7.96. The number of benzene rings is 1. The van der Waals surface area contributed by atoms with Crippen LogP contribution in [-0.2, 0) is 0 Å². The second-order valence-corrected chi connectivity index (χ2v) is 7.96. The first-order valence-electron chi connectivity index (χ1n) is 9.67. The van der Waals surface area contributed by atoms with Crippen LogP contribution in [0, 0.1) is 11.3 Å². The minimum absolute atomic E-state index is 0.139. The summed E-state index contributed by atoms with van der Waals surface area (Å²) in [6.07, 6.45) is 6.35. The number of anilines is 1. The zero-order valence-corrected chi connectivity index (χ0v) is 16.2. The van der Waals surface area contributed by atoms with Crippen molar-refractivity contribution in [3.8, 4) is 17.2 Å². The quantitative estimate of drug-likeness (QED) is 0.634. The molecule has 1 aromatic carbocycles. The second kappa shape index (κ2) is 7.22. The minimum atomic E-state index is -0.633. The highest BCUT2D eigenvalue weighted by molar-refractivity contribution is 6.02. The molecule has 0 spiro atoms. The van der Waals surface area contributed by atoms with Crippen LogP contribution in [0.25, 0.3) is 16.6 Å². The Labute approximate surface area is 168 Å². The molecule has 0 bridgehead atoms. The fourth-order valence-corrected chi connectivity index (χ4v) is 3.91. The highest BCUT2D eigenvalue weighted by Crippen LogP contribution is 2.33. The number of carbonyl (C=O) groups excluding carboxylic acids is 1. The molecule has 3 aromatic rings. The van der Waals surface area contributed by atoms with Crippen LogP contribution in [0.5, 0.6) is 0 Å². The minimum Gasteiger partial charge on any atom is -0.390 e. The summed E-state index contributed by atoms with van der Waals surface area (Å²) in [4.78, 5) is 12.0. The van der Waals surface area contributed by atoms with Crippen molar-refractivity contribution in [2.24, 2.45) is 5.73 Å². The van der Waals surface area contributed by atoms with Gasteiger partial charge in [0.05, 0.1) is 40.2 Å². The van der Waals surface area contributed by atoms with Gasteiger partial charge in [0, 0.05) is 17.8 Å². The van der Waals surface area contributed by atoms with E-state index in [-0.39, 0.29) is 6.04 Å². The first-order valence-corrected chi connectivity index (χ1v) is 9.67. The summed E-state index contributed by atoms with van der Waals surface area (Å²) in [5, 5.41) is 27.2. The van der Waals surface area contributed by atoms with Crippen molar-refractivity contribution >= 4 is 17.1 Å². The van der Waals surface area contributed by atoms with E-state index in [1.165, 1.54) is 6.20 Å². The first kappa shape index (κ1) is 19.0. The number of nitrogens with two attached hydrogens (primary N) is 1. The summed E-state index contributed by atoms with van der Waals surface area (Å²) in [6.45, 7) is 1.86. The number of amides is 1. The third kappa shape index (κ3) is 3.80. The van der Waals surface area contributed by atoms with E-state index in [9.17, 15) is 9.90 Å². The van der Waals surface area contributed by atoms with Crippen molar-refractivity contribution in [3.63, 3.8) is 0 Å². The van der Waals surface area contributed by atoms with Crippen LogP contribution in [0.15, 0.2) is 42.7 Å². The van der Waals surface area contributed by atoms with E-state index in [0.29, 0.717) is 29.7 Å². The summed E-state index contributed by atoms with van der Waals surface area (Å²) in [5.74, 6) is -0.542. The van der Waals surface area contributed by atoms with Crippen LogP contribution in [-0.4, -0.2) is 32.3 Å². The molecule has 2 aromatic heterocycles. The molecule has 148 valence electrons. The smallest absolute Gasteiger partial charge is 0.252 e. The number of rotatable bonds is 4. The number of nitriles is 1. The van der Waals surface area contributed by atoms with E-state index in [4.69, 9.17) is 11.0 Å². The van der Waals surface area contributed by atoms with E-state index in [0.717, 1.165) is 29.5 Å². The van der Waals surface area contributed by atoms with Crippen LogP contribution in [0.1, 0.15) is 48.5 Å². The highest BCUT2D eigenvalue weighted by atomic mass is 16.3. The number of fused-ring (bicyclic) bond motifs is 1. The van der Waals surface area contributed by atoms with E-state index in [2.05, 4.69) is 16.5 Å². The van der Waals surface area contributed by atoms with Crippen molar-refractivity contribution in [2.45, 2.75) is 44.2 Å². The van der Waals surface area contributed by atoms with Gasteiger partial charge in [0.2, 0.25) is 0 Å². The van der Waals surface area contributed by atoms with Gasteiger partial charge in [-0.2, -0.15) is 10.4 Å². The van der Waals surface area contributed by atoms with Crippen LogP contribution in [0.2, 0.25) is 0 Å². The standard InChI is InChI=1S/C22H23N5O2/c1-22(29)7-5-17(6-8-22)26-20-18(21(24)28)12-25-27-13-16(10-19(20)27)15-4-2-3-14(9-15)11-23/h2-4,9-10,12-13,17,26,29H,5-8H2,1H3,(H2,24,28). The molecule has 4 N–H and O–H groups in total. The van der Waals surface area contributed by atoms with Gasteiger partial charge in [-0.1, -0.05) is 12.1 Å². The monoisotopic (exact) mass is 389 g/mol. The number of aromatic nitrogens is 2. The number of primary amides is 1. The van der Waals surface area contributed by atoms with Crippen molar-refractivity contribution in [2.75, 3.05) is 5.32 Å². The first-order chi connectivity index (χ1) is 13.9. The molecule has 4 rings (SSSR count). The molecule has 29 heavy (non-hydrogen) atoms. The highest BCUT2D eigenvalue weighted by Gasteiger charge is 2.29. The molecule has 0 radical (unpaired) electrons. The van der Waals surface area contributed by atoms with E-state index in [1.54, 1.807) is 10.6 Å². The molecule has 0 saturated heterocycles. The van der Waals surface area contributed by atoms with E-state index < -0.39 is 11.5 Å². The Balaban J connectivity index is 1.75. The summed E-state index contributed by atoms with van der Waals surface area (Å²) in [7, 11) is 0. The molecule has 1 aliphatic carbocycles. The maximum Gasteiger partial charge on any atom is 0.252 e. The van der Waals surface area contributed by atoms with Gasteiger partial charge in [-0.05, 0) is 56.4 Å². The maximum atomic E-state index is 12.0. The Bertz CT molecular complexity index is 1120. The third-order valence-corrected chi connectivity index (χ3v) is 5.64. The topological polar surface area (TPSA) is 116 Å². The van der Waals surface area contributed by atoms with E-state index >= 15 is 0 Å². The lowest BCUT2D eigenvalue weighted by atomic mass is 9.83. The largest absolute Gasteiger partial charge is 0.390 e. The SMILES string of the molecule is CC1(O)CCC(Nc2c(C(N)=O)cnn3cc(-c4cccc(C#N)c4)cc23)CC1. The molecule has 7 nitrogen and oxygen atoms in total. The molecule has 0 atom stereocenters. The Morgan fingerprint density at radius 2 is 2.10 bits per heavy atom. The molecule has 2 heterocycles. The molecule has 1 aliphatic rings. The van der Waals surface area contributed by atoms with Gasteiger partial charge in [-0.15, -0.1) is 0 Å². The number of hydrogen-bond acceptors (Lipinski definition) is 5. The normalized spacial score (nSPS) is 21.6. The maximum absolute atomic E-state index is 12.0. The van der Waals surface area contributed by atoms with E-state index in [1.807, 2.05) is 37.4 Å². The van der Waals surface area contributed by atoms with Crippen molar-refractivity contribution in [1.29, 1.82) is 5.26 Å². The van der Waals surface area contributed by atoms with Crippen LogP contribution in [0.3, 0.4) is 0 Å². The van der Waals surface area contributed by atoms with Crippen molar-refractivity contribution in [1.82, 2.24) is 9.61 Å². The van der Waals surface area contributed by atoms with Crippen LogP contribution < -0.4 is 11.1 Å². The average Bonchev–Trinajstić information content (AvgIpc) is 3.14. The lowest BCUT2D eigenvalue weighted by molar-refractivity contribution is 0.0196. The summed E-state index contributed by atoms with van der Waals surface area (Å²) in [5.41, 5.74) is 9.08. The van der Waals surface area contributed by atoms with Gasteiger partial charge in [-0.25, -0.2) is 4.52 Å². The molecular formula is C22H23N5O2. The average molecular weight is 389 g/mol. The van der Waals surface area contributed by atoms with Crippen molar-refractivity contribution in [3.05, 3.63) is 53.9 Å². The summed E-state index contributed by atoms with van der Waals surface area (Å²) in [6, 6.07) is 11.6. The molecule has 7 heteroatoms. The molecule has 1 saturated carbocycles. The van der Waals surface area contributed by atoms with Gasteiger partial charge in [0.1, 0.15) is 0 Å². The number of nitrogens with zero attached hydrogens (tertiary/aromatic N) is 3. The van der Waals surface area contributed by atoms with Crippen LogP contribution >= 0.6 is 0 Å². The predicted molar refractivity (Wildman–Crippen MR) is 110 cm³/mol. The molecule has 0 aliphatic heterocycles. The van der Waals surface area contributed by atoms with Gasteiger partial charge in [-0.3, -0.25) is 4.79 Å². The Morgan fingerprint density at radius 3 is 2.79 bits per heavy atom.